The predicted molar refractivity (Wildman–Crippen MR) is 81.1 cm³/mol. The van der Waals surface area contributed by atoms with Gasteiger partial charge in [0, 0.05) is 12.1 Å². The van der Waals surface area contributed by atoms with E-state index in [1.807, 2.05) is 0 Å². The lowest BCUT2D eigenvalue weighted by Crippen LogP contribution is -2.32. The minimum atomic E-state index is -0.411. The first kappa shape index (κ1) is 16.7. The van der Waals surface area contributed by atoms with E-state index in [0.29, 0.717) is 17.9 Å². The van der Waals surface area contributed by atoms with Gasteiger partial charge in [-0.25, -0.2) is 4.39 Å². The third-order valence-corrected chi connectivity index (χ3v) is 3.20. The van der Waals surface area contributed by atoms with E-state index in [1.165, 1.54) is 35.4 Å². The molecule has 0 spiro atoms. The number of carbonyl (C=O) groups is 2. The van der Waals surface area contributed by atoms with Gasteiger partial charge in [-0.1, -0.05) is 0 Å². The number of halogens is 1. The molecule has 122 valence electrons. The van der Waals surface area contributed by atoms with Crippen LogP contribution in [-0.2, 0) is 16.1 Å². The number of furan rings is 1. The molecular weight excluding hydrogens is 301 g/mol. The Bertz CT molecular complexity index is 637. The maximum atomic E-state index is 13.0. The second kappa shape index (κ2) is 8.12. The molecule has 0 radical (unpaired) electrons. The topological polar surface area (TPSA) is 59.8 Å². The molecule has 0 bridgehead atoms. The fraction of sp³-hybridized carbons (Fsp3) is 0.294. The summed E-state index contributed by atoms with van der Waals surface area (Å²) in [6, 6.07) is 8.75. The van der Waals surface area contributed by atoms with E-state index in [4.69, 9.17) is 9.15 Å². The summed E-state index contributed by atoms with van der Waals surface area (Å²) in [7, 11) is 0. The van der Waals surface area contributed by atoms with E-state index < -0.39 is 5.82 Å². The highest BCUT2D eigenvalue weighted by molar-refractivity contribution is 5.94. The lowest BCUT2D eigenvalue weighted by molar-refractivity contribution is -0.143. The second-order valence-corrected chi connectivity index (χ2v) is 4.87. The van der Waals surface area contributed by atoms with E-state index in [1.54, 1.807) is 19.1 Å². The Labute approximate surface area is 133 Å². The zero-order chi connectivity index (χ0) is 16.7. The minimum Gasteiger partial charge on any atom is -0.467 e. The summed E-state index contributed by atoms with van der Waals surface area (Å²) in [5, 5.41) is 0. The molecular formula is C17H18FNO4. The molecule has 1 heterocycles. The van der Waals surface area contributed by atoms with Gasteiger partial charge in [0.25, 0.3) is 5.91 Å². The SMILES string of the molecule is CCOC(=O)CCN(Cc1ccco1)C(=O)c1ccc(F)cc1. The number of hydrogen-bond donors (Lipinski definition) is 0. The number of amides is 1. The van der Waals surface area contributed by atoms with Crippen molar-refractivity contribution in [1.29, 1.82) is 0 Å². The maximum absolute atomic E-state index is 13.0. The van der Waals surface area contributed by atoms with Crippen LogP contribution in [0.2, 0.25) is 0 Å². The van der Waals surface area contributed by atoms with Crippen molar-refractivity contribution in [2.24, 2.45) is 0 Å². The highest BCUT2D eigenvalue weighted by atomic mass is 19.1. The van der Waals surface area contributed by atoms with Gasteiger partial charge in [0.15, 0.2) is 0 Å². The van der Waals surface area contributed by atoms with Crippen LogP contribution in [0.5, 0.6) is 0 Å². The third kappa shape index (κ3) is 4.95. The summed E-state index contributed by atoms with van der Waals surface area (Å²) in [6.07, 6.45) is 1.60. The van der Waals surface area contributed by atoms with Crippen molar-refractivity contribution in [2.75, 3.05) is 13.2 Å². The van der Waals surface area contributed by atoms with Crippen molar-refractivity contribution < 1.29 is 23.1 Å². The van der Waals surface area contributed by atoms with Gasteiger partial charge in [-0.2, -0.15) is 0 Å². The fourth-order valence-electron chi connectivity index (χ4n) is 2.08. The first-order valence-electron chi connectivity index (χ1n) is 7.33. The van der Waals surface area contributed by atoms with Gasteiger partial charge >= 0.3 is 5.97 Å². The molecule has 5 nitrogen and oxygen atoms in total. The number of benzene rings is 1. The molecule has 6 heteroatoms. The van der Waals surface area contributed by atoms with Crippen LogP contribution in [0.4, 0.5) is 4.39 Å². The van der Waals surface area contributed by atoms with Crippen LogP contribution in [-0.4, -0.2) is 29.9 Å². The molecule has 0 aliphatic heterocycles. The lowest BCUT2D eigenvalue weighted by atomic mass is 10.2. The van der Waals surface area contributed by atoms with Crippen LogP contribution in [0.3, 0.4) is 0 Å². The van der Waals surface area contributed by atoms with Crippen LogP contribution in [0.25, 0.3) is 0 Å². The Hall–Kier alpha value is -2.63. The zero-order valence-corrected chi connectivity index (χ0v) is 12.8. The highest BCUT2D eigenvalue weighted by Crippen LogP contribution is 2.12. The third-order valence-electron chi connectivity index (χ3n) is 3.20. The van der Waals surface area contributed by atoms with Crippen molar-refractivity contribution in [2.45, 2.75) is 19.9 Å². The zero-order valence-electron chi connectivity index (χ0n) is 12.8. The summed E-state index contributed by atoms with van der Waals surface area (Å²) < 4.78 is 23.1. The van der Waals surface area contributed by atoms with Crippen LogP contribution < -0.4 is 0 Å². The summed E-state index contributed by atoms with van der Waals surface area (Å²) in [5.41, 5.74) is 0.349. The molecule has 0 aliphatic carbocycles. The average Bonchev–Trinajstić information content (AvgIpc) is 3.05. The van der Waals surface area contributed by atoms with Crippen LogP contribution in [0.1, 0.15) is 29.5 Å². The smallest absolute Gasteiger partial charge is 0.307 e. The number of esters is 1. The monoisotopic (exact) mass is 319 g/mol. The molecule has 1 aromatic heterocycles. The molecule has 0 aliphatic rings. The number of ether oxygens (including phenoxy) is 1. The fourth-order valence-corrected chi connectivity index (χ4v) is 2.08. The molecule has 23 heavy (non-hydrogen) atoms. The van der Waals surface area contributed by atoms with Crippen molar-refractivity contribution in [3.05, 3.63) is 59.8 Å². The van der Waals surface area contributed by atoms with E-state index in [-0.39, 0.29) is 31.4 Å². The Kier molecular flexibility index (Phi) is 5.91. The van der Waals surface area contributed by atoms with Crippen LogP contribution in [0.15, 0.2) is 47.1 Å². The van der Waals surface area contributed by atoms with Gasteiger partial charge in [0.2, 0.25) is 0 Å². The van der Waals surface area contributed by atoms with Gasteiger partial charge in [0.05, 0.1) is 25.8 Å². The van der Waals surface area contributed by atoms with Gasteiger partial charge in [0.1, 0.15) is 11.6 Å². The summed E-state index contributed by atoms with van der Waals surface area (Å²) >= 11 is 0. The van der Waals surface area contributed by atoms with Crippen molar-refractivity contribution in [3.8, 4) is 0 Å². The molecule has 2 rings (SSSR count). The van der Waals surface area contributed by atoms with Crippen LogP contribution >= 0.6 is 0 Å². The Morgan fingerprint density at radius 2 is 1.96 bits per heavy atom. The van der Waals surface area contributed by atoms with Crippen LogP contribution in [0, 0.1) is 5.82 Å². The lowest BCUT2D eigenvalue weighted by Gasteiger charge is -2.21. The van der Waals surface area contributed by atoms with Gasteiger partial charge < -0.3 is 14.1 Å². The van der Waals surface area contributed by atoms with Gasteiger partial charge in [-0.3, -0.25) is 9.59 Å². The predicted octanol–water partition coefficient (Wildman–Crippen LogP) is 3.01. The summed E-state index contributed by atoms with van der Waals surface area (Å²) in [5.74, 6) is -0.482. The van der Waals surface area contributed by atoms with Gasteiger partial charge in [-0.05, 0) is 43.3 Å². The van der Waals surface area contributed by atoms with E-state index in [0.717, 1.165) is 0 Å². The number of nitrogens with zero attached hydrogens (tertiary/aromatic N) is 1. The Morgan fingerprint density at radius 3 is 2.57 bits per heavy atom. The quantitative estimate of drug-likeness (QED) is 0.736. The number of hydrogen-bond acceptors (Lipinski definition) is 4. The standard InChI is InChI=1S/C17H18FNO4/c1-2-22-16(20)9-10-19(12-15-4-3-11-23-15)17(21)13-5-7-14(18)8-6-13/h3-8,11H,2,9-10,12H2,1H3. The Morgan fingerprint density at radius 1 is 1.22 bits per heavy atom. The second-order valence-electron chi connectivity index (χ2n) is 4.87. The average molecular weight is 319 g/mol. The van der Waals surface area contributed by atoms with Crippen molar-refractivity contribution in [3.63, 3.8) is 0 Å². The number of rotatable bonds is 7. The number of carbonyl (C=O) groups excluding carboxylic acids is 2. The molecule has 0 atom stereocenters. The molecule has 1 amide bonds. The van der Waals surface area contributed by atoms with Gasteiger partial charge in [-0.15, -0.1) is 0 Å². The molecule has 1 aromatic carbocycles. The summed E-state index contributed by atoms with van der Waals surface area (Å²) in [6.45, 7) is 2.43. The highest BCUT2D eigenvalue weighted by Gasteiger charge is 2.19. The van der Waals surface area contributed by atoms with E-state index in [9.17, 15) is 14.0 Å². The molecule has 2 aromatic rings. The van der Waals surface area contributed by atoms with Crippen molar-refractivity contribution in [1.82, 2.24) is 4.90 Å². The molecule has 0 saturated carbocycles. The van der Waals surface area contributed by atoms with E-state index in [2.05, 4.69) is 0 Å². The van der Waals surface area contributed by atoms with Crippen molar-refractivity contribution >= 4 is 11.9 Å². The maximum Gasteiger partial charge on any atom is 0.307 e. The largest absolute Gasteiger partial charge is 0.467 e. The molecule has 0 fully saturated rings. The first-order chi connectivity index (χ1) is 11.1. The molecule has 0 saturated heterocycles. The van der Waals surface area contributed by atoms with E-state index >= 15 is 0 Å². The minimum absolute atomic E-state index is 0.0848. The molecule has 0 unspecified atom stereocenters. The molecule has 0 N–H and O–H groups in total. The Balaban J connectivity index is 2.09. The summed E-state index contributed by atoms with van der Waals surface area (Å²) in [4.78, 5) is 25.6. The normalized spacial score (nSPS) is 10.3. The first-order valence-corrected chi connectivity index (χ1v) is 7.33.